The van der Waals surface area contributed by atoms with E-state index in [0.29, 0.717) is 0 Å². The molecule has 0 atom stereocenters. The average Bonchev–Trinajstić information content (AvgIpc) is 2.06. The van der Waals surface area contributed by atoms with E-state index in [0.717, 1.165) is 12.1 Å². The van der Waals surface area contributed by atoms with E-state index < -0.39 is 16.8 Å². The minimum absolute atomic E-state index is 0.216. The van der Waals surface area contributed by atoms with Crippen LogP contribution in [0.15, 0.2) is 12.1 Å². The van der Waals surface area contributed by atoms with Crippen molar-refractivity contribution in [3.8, 4) is 0 Å². The molecule has 0 unspecified atom stereocenters. The Bertz CT molecular complexity index is 410. The molecule has 1 aromatic rings. The number of halogens is 4. The van der Waals surface area contributed by atoms with Crippen molar-refractivity contribution in [3.05, 3.63) is 33.8 Å². The van der Waals surface area contributed by atoms with Crippen molar-refractivity contribution in [1.82, 2.24) is 0 Å². The fourth-order valence-corrected chi connectivity index (χ4v) is 1.55. The van der Waals surface area contributed by atoms with Crippen molar-refractivity contribution in [2.24, 2.45) is 0 Å². The number of benzene rings is 1. The van der Waals surface area contributed by atoms with Gasteiger partial charge in [0.25, 0.3) is 0 Å². The van der Waals surface area contributed by atoms with Crippen molar-refractivity contribution in [2.45, 2.75) is 20.0 Å². The molecule has 0 fully saturated rings. The zero-order chi connectivity index (χ0) is 11.8. The van der Waals surface area contributed by atoms with E-state index in [1.807, 2.05) is 0 Å². The zero-order valence-corrected chi connectivity index (χ0v) is 8.83. The quantitative estimate of drug-likeness (QED) is 0.677. The summed E-state index contributed by atoms with van der Waals surface area (Å²) in [5.41, 5.74) is -0.418. The van der Waals surface area contributed by atoms with Gasteiger partial charge in [-0.1, -0.05) is 11.6 Å². The molecule has 0 saturated heterocycles. The molecule has 15 heavy (non-hydrogen) atoms. The first kappa shape index (κ1) is 12.0. The van der Waals surface area contributed by atoms with Crippen molar-refractivity contribution >= 4 is 17.4 Å². The van der Waals surface area contributed by atoms with E-state index in [1.54, 1.807) is 0 Å². The largest absolute Gasteiger partial charge is 0.417 e. The molecule has 1 rings (SSSR count). The molecule has 0 radical (unpaired) electrons. The van der Waals surface area contributed by atoms with Gasteiger partial charge in [0.05, 0.1) is 10.6 Å². The Hall–Kier alpha value is -1.03. The third-order valence-electron chi connectivity index (χ3n) is 2.00. The molecular formula is C10H8ClF3O. The predicted molar refractivity (Wildman–Crippen MR) is 51.2 cm³/mol. The molecule has 0 aliphatic heterocycles. The van der Waals surface area contributed by atoms with Crippen molar-refractivity contribution in [3.63, 3.8) is 0 Å². The molecular weight excluding hydrogens is 229 g/mol. The predicted octanol–water partition coefficient (Wildman–Crippen LogP) is 3.87. The van der Waals surface area contributed by atoms with Crippen LogP contribution in [-0.2, 0) is 6.18 Å². The highest BCUT2D eigenvalue weighted by Crippen LogP contribution is 2.36. The second-order valence-electron chi connectivity index (χ2n) is 3.20. The number of aryl methyl sites for hydroxylation is 1. The molecule has 0 heterocycles. The third-order valence-corrected chi connectivity index (χ3v) is 2.31. The molecule has 0 aromatic heterocycles. The highest BCUT2D eigenvalue weighted by Gasteiger charge is 2.33. The molecule has 1 aromatic carbocycles. The first-order valence-corrected chi connectivity index (χ1v) is 4.49. The highest BCUT2D eigenvalue weighted by molar-refractivity contribution is 6.31. The maximum atomic E-state index is 12.4. The number of Topliss-reactive ketones (excluding diaryl/α,β-unsaturated/α-hetero) is 1. The van der Waals surface area contributed by atoms with Gasteiger partial charge in [0.15, 0.2) is 5.78 Å². The molecule has 82 valence electrons. The standard InChI is InChI=1S/C10H8ClF3O/c1-5-3-8(10(12,13)14)9(11)4-7(5)6(2)15/h3-4H,1-2H3. The van der Waals surface area contributed by atoms with Crippen molar-refractivity contribution in [1.29, 1.82) is 0 Å². The zero-order valence-electron chi connectivity index (χ0n) is 8.07. The van der Waals surface area contributed by atoms with Gasteiger partial charge in [0, 0.05) is 5.56 Å². The van der Waals surface area contributed by atoms with Gasteiger partial charge < -0.3 is 0 Å². The molecule has 0 spiro atoms. The fourth-order valence-electron chi connectivity index (χ4n) is 1.28. The number of ketones is 1. The van der Waals surface area contributed by atoms with E-state index in [-0.39, 0.29) is 16.9 Å². The van der Waals surface area contributed by atoms with Gasteiger partial charge >= 0.3 is 6.18 Å². The lowest BCUT2D eigenvalue weighted by molar-refractivity contribution is -0.137. The summed E-state index contributed by atoms with van der Waals surface area (Å²) in [6.45, 7) is 2.73. The highest BCUT2D eigenvalue weighted by atomic mass is 35.5. The van der Waals surface area contributed by atoms with Crippen LogP contribution in [0.5, 0.6) is 0 Å². The molecule has 0 aliphatic carbocycles. The van der Waals surface area contributed by atoms with Crippen LogP contribution < -0.4 is 0 Å². The molecule has 1 nitrogen and oxygen atoms in total. The normalized spacial score (nSPS) is 11.6. The maximum Gasteiger partial charge on any atom is 0.417 e. The van der Waals surface area contributed by atoms with Crippen molar-refractivity contribution in [2.75, 3.05) is 0 Å². The lowest BCUT2D eigenvalue weighted by Gasteiger charge is -2.11. The van der Waals surface area contributed by atoms with Crippen LogP contribution in [0.3, 0.4) is 0 Å². The first-order valence-electron chi connectivity index (χ1n) is 4.11. The monoisotopic (exact) mass is 236 g/mol. The summed E-state index contributed by atoms with van der Waals surface area (Å²) >= 11 is 5.46. The van der Waals surface area contributed by atoms with Crippen LogP contribution in [0.1, 0.15) is 28.4 Å². The van der Waals surface area contributed by atoms with E-state index in [2.05, 4.69) is 0 Å². The first-order chi connectivity index (χ1) is 6.73. The summed E-state index contributed by atoms with van der Waals surface area (Å²) in [4.78, 5) is 11.0. The Kier molecular flexibility index (Phi) is 3.09. The minimum atomic E-state index is -4.49. The number of rotatable bonds is 1. The van der Waals surface area contributed by atoms with E-state index in [1.165, 1.54) is 13.8 Å². The number of carbonyl (C=O) groups excluding carboxylic acids is 1. The van der Waals surface area contributed by atoms with Crippen LogP contribution in [-0.4, -0.2) is 5.78 Å². The van der Waals surface area contributed by atoms with Gasteiger partial charge in [0.1, 0.15) is 0 Å². The Morgan fingerprint density at radius 3 is 2.27 bits per heavy atom. The number of alkyl halides is 3. The molecule has 0 bridgehead atoms. The van der Waals surface area contributed by atoms with E-state index in [4.69, 9.17) is 11.6 Å². The van der Waals surface area contributed by atoms with Crippen LogP contribution in [0.25, 0.3) is 0 Å². The Balaban J connectivity index is 3.39. The van der Waals surface area contributed by atoms with E-state index >= 15 is 0 Å². The number of hydrogen-bond donors (Lipinski definition) is 0. The van der Waals surface area contributed by atoms with Gasteiger partial charge in [-0.3, -0.25) is 4.79 Å². The van der Waals surface area contributed by atoms with Crippen molar-refractivity contribution < 1.29 is 18.0 Å². The number of hydrogen-bond acceptors (Lipinski definition) is 1. The average molecular weight is 237 g/mol. The summed E-state index contributed by atoms with van der Waals surface area (Å²) in [6.07, 6.45) is -4.49. The Morgan fingerprint density at radius 2 is 1.87 bits per heavy atom. The molecule has 0 amide bonds. The Morgan fingerprint density at radius 1 is 1.33 bits per heavy atom. The SMILES string of the molecule is CC(=O)c1cc(Cl)c(C(F)(F)F)cc1C. The summed E-state index contributed by atoms with van der Waals surface area (Å²) in [6, 6.07) is 1.95. The topological polar surface area (TPSA) is 17.1 Å². The number of carbonyl (C=O) groups is 1. The second kappa shape index (κ2) is 3.85. The van der Waals surface area contributed by atoms with Gasteiger partial charge in [-0.05, 0) is 31.5 Å². The lowest BCUT2D eigenvalue weighted by Crippen LogP contribution is -2.08. The van der Waals surface area contributed by atoms with E-state index in [9.17, 15) is 18.0 Å². The van der Waals surface area contributed by atoms with Gasteiger partial charge in [-0.25, -0.2) is 0 Å². The summed E-state index contributed by atoms with van der Waals surface area (Å²) in [5, 5.41) is -0.446. The van der Waals surface area contributed by atoms with Gasteiger partial charge in [0.2, 0.25) is 0 Å². The molecule has 0 saturated carbocycles. The Labute approximate surface area is 89.9 Å². The van der Waals surface area contributed by atoms with Crippen LogP contribution in [0, 0.1) is 6.92 Å². The molecule has 0 aliphatic rings. The summed E-state index contributed by atoms with van der Waals surface area (Å²) < 4.78 is 37.2. The lowest BCUT2D eigenvalue weighted by atomic mass is 10.0. The van der Waals surface area contributed by atoms with Crippen LogP contribution in [0.4, 0.5) is 13.2 Å². The summed E-state index contributed by atoms with van der Waals surface area (Å²) in [7, 11) is 0. The summed E-state index contributed by atoms with van der Waals surface area (Å²) in [5.74, 6) is -0.303. The third kappa shape index (κ3) is 2.50. The molecule has 5 heteroatoms. The fraction of sp³-hybridized carbons (Fsp3) is 0.300. The smallest absolute Gasteiger partial charge is 0.295 e. The minimum Gasteiger partial charge on any atom is -0.295 e. The van der Waals surface area contributed by atoms with Gasteiger partial charge in [-0.2, -0.15) is 13.2 Å². The molecule has 0 N–H and O–H groups in total. The maximum absolute atomic E-state index is 12.4. The second-order valence-corrected chi connectivity index (χ2v) is 3.61. The van der Waals surface area contributed by atoms with Gasteiger partial charge in [-0.15, -0.1) is 0 Å². The van der Waals surface area contributed by atoms with Crippen LogP contribution in [0.2, 0.25) is 5.02 Å². The van der Waals surface area contributed by atoms with Crippen LogP contribution >= 0.6 is 11.6 Å².